The van der Waals surface area contributed by atoms with Crippen LogP contribution in [0.4, 0.5) is 14.5 Å². The molecule has 1 aliphatic carbocycles. The van der Waals surface area contributed by atoms with E-state index in [4.69, 9.17) is 11.6 Å². The number of hydrogen-bond acceptors (Lipinski definition) is 4. The van der Waals surface area contributed by atoms with Crippen LogP contribution in [0, 0.1) is 12.8 Å². The molecule has 2 aromatic carbocycles. The Balaban J connectivity index is 1.27. The molecule has 1 aliphatic heterocycles. The lowest BCUT2D eigenvalue weighted by Gasteiger charge is -2.32. The zero-order chi connectivity index (χ0) is 27.0. The van der Waals surface area contributed by atoms with Crippen LogP contribution in [0.25, 0.3) is 0 Å². The van der Waals surface area contributed by atoms with Crippen LogP contribution in [-0.2, 0) is 10.4 Å². The molecule has 3 aromatic rings. The van der Waals surface area contributed by atoms with Crippen molar-refractivity contribution in [3.8, 4) is 0 Å². The number of benzene rings is 2. The Labute approximate surface area is 224 Å². The molecule has 0 radical (unpaired) electrons. The number of rotatable bonds is 6. The third kappa shape index (κ3) is 4.67. The lowest BCUT2D eigenvalue weighted by atomic mass is 9.84. The Morgan fingerprint density at radius 2 is 1.79 bits per heavy atom. The predicted molar refractivity (Wildman–Crippen MR) is 140 cm³/mol. The van der Waals surface area contributed by atoms with Crippen LogP contribution in [0.1, 0.15) is 64.9 Å². The number of para-hydroxylation sites is 1. The van der Waals surface area contributed by atoms with Gasteiger partial charge in [0.1, 0.15) is 5.69 Å². The van der Waals surface area contributed by atoms with Gasteiger partial charge in [-0.05, 0) is 56.2 Å². The normalized spacial score (nSPS) is 23.0. The van der Waals surface area contributed by atoms with Gasteiger partial charge in [0.25, 0.3) is 18.2 Å². The minimum atomic E-state index is -2.89. The van der Waals surface area contributed by atoms with Crippen molar-refractivity contribution in [1.29, 1.82) is 0 Å². The number of aryl methyl sites for hydroxylation is 1. The van der Waals surface area contributed by atoms with Crippen molar-refractivity contribution < 1.29 is 23.5 Å². The summed E-state index contributed by atoms with van der Waals surface area (Å²) >= 11 is 5.89. The lowest BCUT2D eigenvalue weighted by molar-refractivity contribution is -0.132. The quantitative estimate of drug-likeness (QED) is 0.430. The molecular weight excluding hydrogens is 512 g/mol. The van der Waals surface area contributed by atoms with Gasteiger partial charge in [0.2, 0.25) is 0 Å². The van der Waals surface area contributed by atoms with Crippen LogP contribution in [-0.4, -0.2) is 34.5 Å². The Morgan fingerprint density at radius 3 is 2.47 bits per heavy atom. The van der Waals surface area contributed by atoms with Crippen LogP contribution in [0.5, 0.6) is 0 Å². The standard InChI is InChI=1S/C29H28ClF2N3O3/c1-17-6-2-3-7-22(17)29(38)23-8-4-5-9-24(23)35(28(29)37)16-18-10-12-20(13-11-18)34-27(36)21-14-19(30)15-33-25(21)26(31)32/h2-9,14-15,18,20,26,38H,10-13,16H2,1H3,(H,34,36). The number of aliphatic hydroxyl groups is 1. The highest BCUT2D eigenvalue weighted by molar-refractivity contribution is 6.30. The second kappa shape index (κ2) is 10.4. The number of hydrogen-bond donors (Lipinski definition) is 2. The summed E-state index contributed by atoms with van der Waals surface area (Å²) < 4.78 is 26.7. The zero-order valence-electron chi connectivity index (χ0n) is 20.8. The van der Waals surface area contributed by atoms with Crippen molar-refractivity contribution in [1.82, 2.24) is 10.3 Å². The van der Waals surface area contributed by atoms with E-state index in [2.05, 4.69) is 10.3 Å². The SMILES string of the molecule is Cc1ccccc1C1(O)C(=O)N(CC2CCC(NC(=O)c3cc(Cl)cnc3C(F)F)CC2)c2ccccc21. The molecule has 38 heavy (non-hydrogen) atoms. The highest BCUT2D eigenvalue weighted by Crippen LogP contribution is 2.46. The molecule has 2 heterocycles. The zero-order valence-corrected chi connectivity index (χ0v) is 21.6. The molecule has 2 amide bonds. The maximum atomic E-state index is 13.7. The maximum Gasteiger partial charge on any atom is 0.281 e. The first-order chi connectivity index (χ1) is 18.2. The molecular formula is C29H28ClF2N3O3. The van der Waals surface area contributed by atoms with Gasteiger partial charge in [0.15, 0.2) is 5.60 Å². The van der Waals surface area contributed by atoms with Crippen molar-refractivity contribution in [3.63, 3.8) is 0 Å². The second-order valence-corrected chi connectivity index (χ2v) is 10.5. The fourth-order valence-corrected chi connectivity index (χ4v) is 5.83. The van der Waals surface area contributed by atoms with Crippen LogP contribution >= 0.6 is 11.6 Å². The van der Waals surface area contributed by atoms with Gasteiger partial charge in [-0.3, -0.25) is 14.6 Å². The molecule has 1 saturated carbocycles. The Hall–Kier alpha value is -3.36. The number of pyridine rings is 1. The van der Waals surface area contributed by atoms with Crippen molar-refractivity contribution in [3.05, 3.63) is 93.8 Å². The van der Waals surface area contributed by atoms with E-state index in [-0.39, 0.29) is 28.5 Å². The molecule has 5 rings (SSSR count). The number of anilines is 1. The topological polar surface area (TPSA) is 82.5 Å². The largest absolute Gasteiger partial charge is 0.372 e. The first-order valence-electron chi connectivity index (χ1n) is 12.6. The summed E-state index contributed by atoms with van der Waals surface area (Å²) in [5, 5.41) is 14.7. The van der Waals surface area contributed by atoms with E-state index in [0.29, 0.717) is 36.2 Å². The average Bonchev–Trinajstić information content (AvgIpc) is 3.12. The molecule has 1 atom stereocenters. The highest BCUT2D eigenvalue weighted by atomic mass is 35.5. The molecule has 1 unspecified atom stereocenters. The number of aromatic nitrogens is 1. The Kier molecular flexibility index (Phi) is 7.20. The van der Waals surface area contributed by atoms with Crippen LogP contribution < -0.4 is 10.2 Å². The molecule has 9 heteroatoms. The molecule has 0 spiro atoms. The molecule has 2 aliphatic rings. The van der Waals surface area contributed by atoms with Crippen LogP contribution in [0.15, 0.2) is 60.8 Å². The number of alkyl halides is 2. The molecule has 1 fully saturated rings. The number of nitrogens with one attached hydrogen (secondary N) is 1. The first-order valence-corrected chi connectivity index (χ1v) is 13.0. The van der Waals surface area contributed by atoms with Gasteiger partial charge < -0.3 is 15.3 Å². The minimum Gasteiger partial charge on any atom is -0.372 e. The monoisotopic (exact) mass is 539 g/mol. The summed E-state index contributed by atoms with van der Waals surface area (Å²) in [5.74, 6) is -0.828. The van der Waals surface area contributed by atoms with Gasteiger partial charge in [-0.25, -0.2) is 8.78 Å². The van der Waals surface area contributed by atoms with Gasteiger partial charge in [0, 0.05) is 29.9 Å². The predicted octanol–water partition coefficient (Wildman–Crippen LogP) is 5.55. The average molecular weight is 540 g/mol. The van der Waals surface area contributed by atoms with E-state index in [0.717, 1.165) is 24.6 Å². The number of amides is 2. The van der Waals surface area contributed by atoms with Crippen molar-refractivity contribution in [2.24, 2.45) is 5.92 Å². The summed E-state index contributed by atoms with van der Waals surface area (Å²) in [5.41, 5.74) is 0.126. The van der Waals surface area contributed by atoms with E-state index in [9.17, 15) is 23.5 Å². The molecule has 1 aromatic heterocycles. The lowest BCUT2D eigenvalue weighted by Crippen LogP contribution is -2.44. The number of halogens is 3. The van der Waals surface area contributed by atoms with Gasteiger partial charge in [0.05, 0.1) is 16.3 Å². The van der Waals surface area contributed by atoms with Crippen molar-refractivity contribution >= 4 is 29.1 Å². The first kappa shape index (κ1) is 26.3. The van der Waals surface area contributed by atoms with Crippen LogP contribution in [0.2, 0.25) is 5.02 Å². The fraction of sp³-hybridized carbons (Fsp3) is 0.345. The third-order valence-electron chi connectivity index (χ3n) is 7.63. The van der Waals surface area contributed by atoms with Gasteiger partial charge in [-0.15, -0.1) is 0 Å². The molecule has 0 saturated heterocycles. The van der Waals surface area contributed by atoms with E-state index in [1.807, 2.05) is 43.3 Å². The Morgan fingerprint density at radius 1 is 1.13 bits per heavy atom. The van der Waals surface area contributed by atoms with Crippen molar-refractivity contribution in [2.75, 3.05) is 11.4 Å². The fourth-order valence-electron chi connectivity index (χ4n) is 5.67. The highest BCUT2D eigenvalue weighted by Gasteiger charge is 2.51. The van der Waals surface area contributed by atoms with Crippen LogP contribution in [0.3, 0.4) is 0 Å². The van der Waals surface area contributed by atoms with E-state index >= 15 is 0 Å². The summed E-state index contributed by atoms with van der Waals surface area (Å²) in [6.07, 6.45) is 0.955. The smallest absolute Gasteiger partial charge is 0.281 e. The Bertz CT molecular complexity index is 1380. The second-order valence-electron chi connectivity index (χ2n) is 10.0. The molecule has 6 nitrogen and oxygen atoms in total. The third-order valence-corrected chi connectivity index (χ3v) is 7.84. The minimum absolute atomic E-state index is 0.115. The van der Waals surface area contributed by atoms with E-state index in [1.165, 1.54) is 6.07 Å². The number of nitrogens with zero attached hydrogens (tertiary/aromatic N) is 2. The van der Waals surface area contributed by atoms with E-state index in [1.54, 1.807) is 17.0 Å². The maximum absolute atomic E-state index is 13.7. The van der Waals surface area contributed by atoms with Gasteiger partial charge in [-0.2, -0.15) is 0 Å². The summed E-state index contributed by atoms with van der Waals surface area (Å²) in [6, 6.07) is 15.7. The number of fused-ring (bicyclic) bond motifs is 1. The van der Waals surface area contributed by atoms with E-state index < -0.39 is 23.6 Å². The number of carbonyl (C=O) groups excluding carboxylic acids is 2. The summed E-state index contributed by atoms with van der Waals surface area (Å²) in [6.45, 7) is 2.32. The summed E-state index contributed by atoms with van der Waals surface area (Å²) in [4.78, 5) is 31.8. The van der Waals surface area contributed by atoms with Gasteiger partial charge >= 0.3 is 0 Å². The van der Waals surface area contributed by atoms with Gasteiger partial charge in [-0.1, -0.05) is 54.1 Å². The molecule has 2 N–H and O–H groups in total. The summed E-state index contributed by atoms with van der Waals surface area (Å²) in [7, 11) is 0. The number of carbonyl (C=O) groups is 2. The van der Waals surface area contributed by atoms with Crippen molar-refractivity contribution in [2.45, 2.75) is 50.7 Å². The molecule has 0 bridgehead atoms. The molecule has 198 valence electrons.